The van der Waals surface area contributed by atoms with E-state index in [-0.39, 0.29) is 0 Å². The van der Waals surface area contributed by atoms with Crippen LogP contribution in [0, 0.1) is 6.92 Å². The lowest BCUT2D eigenvalue weighted by atomic mass is 10.2. The van der Waals surface area contributed by atoms with Gasteiger partial charge in [-0.25, -0.2) is 9.78 Å². The second-order valence-corrected chi connectivity index (χ2v) is 6.55. The minimum atomic E-state index is -0.483. The number of rotatable bonds is 7. The molecule has 0 aliphatic heterocycles. The number of aryl methyl sites for hydroxylation is 1. The van der Waals surface area contributed by atoms with Crippen molar-refractivity contribution in [3.8, 4) is 17.2 Å². The Kier molecular flexibility index (Phi) is 6.23. The molecule has 0 bridgehead atoms. The number of thiazole rings is 1. The van der Waals surface area contributed by atoms with Crippen molar-refractivity contribution < 1.29 is 19.0 Å². The SMILES string of the molecule is COc1ccc(C(=O)Oc2ccc(/C=N\Nc3nc(C)cs3)cc2OC)cc1. The van der Waals surface area contributed by atoms with Crippen LogP contribution in [0.25, 0.3) is 0 Å². The Balaban J connectivity index is 1.68. The Morgan fingerprint density at radius 1 is 1.11 bits per heavy atom. The molecule has 28 heavy (non-hydrogen) atoms. The molecule has 2 aromatic carbocycles. The lowest BCUT2D eigenvalue weighted by Gasteiger charge is -2.10. The molecule has 3 aromatic rings. The zero-order valence-electron chi connectivity index (χ0n) is 15.6. The number of hydrogen-bond acceptors (Lipinski definition) is 8. The lowest BCUT2D eigenvalue weighted by Crippen LogP contribution is -2.09. The minimum absolute atomic E-state index is 0.323. The van der Waals surface area contributed by atoms with Gasteiger partial charge >= 0.3 is 5.97 Å². The first-order valence-corrected chi connectivity index (χ1v) is 9.22. The molecule has 0 aliphatic rings. The molecule has 1 heterocycles. The molecule has 144 valence electrons. The highest BCUT2D eigenvalue weighted by atomic mass is 32.1. The number of nitrogens with one attached hydrogen (secondary N) is 1. The molecule has 0 radical (unpaired) electrons. The molecule has 0 fully saturated rings. The van der Waals surface area contributed by atoms with Crippen LogP contribution < -0.4 is 19.6 Å². The number of carbonyl (C=O) groups is 1. The molecule has 0 amide bonds. The Morgan fingerprint density at radius 2 is 1.89 bits per heavy atom. The van der Waals surface area contributed by atoms with E-state index >= 15 is 0 Å². The fourth-order valence-electron chi connectivity index (χ4n) is 2.30. The third-order valence-corrected chi connectivity index (χ3v) is 4.57. The molecular weight excluding hydrogens is 378 g/mol. The van der Waals surface area contributed by atoms with Crippen molar-refractivity contribution >= 4 is 28.7 Å². The third kappa shape index (κ3) is 4.86. The first-order valence-electron chi connectivity index (χ1n) is 8.34. The van der Waals surface area contributed by atoms with Crippen molar-refractivity contribution in [2.24, 2.45) is 5.10 Å². The summed E-state index contributed by atoms with van der Waals surface area (Å²) in [5.74, 6) is 0.933. The number of hydrogen-bond donors (Lipinski definition) is 1. The summed E-state index contributed by atoms with van der Waals surface area (Å²) in [5.41, 5.74) is 5.00. The van der Waals surface area contributed by atoms with Gasteiger partial charge in [0.2, 0.25) is 5.13 Å². The van der Waals surface area contributed by atoms with Crippen molar-refractivity contribution in [3.05, 3.63) is 64.7 Å². The molecule has 0 spiro atoms. The number of hydrazone groups is 1. The summed E-state index contributed by atoms with van der Waals surface area (Å²) in [6, 6.07) is 11.8. The van der Waals surface area contributed by atoms with E-state index < -0.39 is 5.97 Å². The summed E-state index contributed by atoms with van der Waals surface area (Å²) >= 11 is 1.48. The molecule has 0 atom stereocenters. The van der Waals surface area contributed by atoms with Crippen molar-refractivity contribution in [2.45, 2.75) is 6.92 Å². The quantitative estimate of drug-likeness (QED) is 0.279. The van der Waals surface area contributed by atoms with Crippen LogP contribution in [0.15, 0.2) is 52.9 Å². The molecule has 0 saturated carbocycles. The fourth-order valence-corrected chi connectivity index (χ4v) is 2.94. The van der Waals surface area contributed by atoms with Gasteiger partial charge in [0, 0.05) is 5.38 Å². The number of carbonyl (C=O) groups excluding carboxylic acids is 1. The van der Waals surface area contributed by atoms with Crippen LogP contribution in [0.4, 0.5) is 5.13 Å². The highest BCUT2D eigenvalue weighted by molar-refractivity contribution is 7.13. The standard InChI is InChI=1S/C20H19N3O4S/c1-13-12-28-20(22-13)23-21-11-14-4-9-17(18(10-14)26-3)27-19(24)15-5-7-16(25-2)8-6-15/h4-12H,1-3H3,(H,22,23)/b21-11-. The molecule has 8 heteroatoms. The Morgan fingerprint density at radius 3 is 2.54 bits per heavy atom. The van der Waals surface area contributed by atoms with Gasteiger partial charge in [0.1, 0.15) is 5.75 Å². The van der Waals surface area contributed by atoms with Crippen LogP contribution in [-0.4, -0.2) is 31.4 Å². The van der Waals surface area contributed by atoms with E-state index in [1.165, 1.54) is 18.4 Å². The monoisotopic (exact) mass is 397 g/mol. The van der Waals surface area contributed by atoms with Crippen molar-refractivity contribution in [3.63, 3.8) is 0 Å². The van der Waals surface area contributed by atoms with Crippen LogP contribution >= 0.6 is 11.3 Å². The maximum Gasteiger partial charge on any atom is 0.343 e. The predicted molar refractivity (Wildman–Crippen MR) is 109 cm³/mol. The van der Waals surface area contributed by atoms with Crippen molar-refractivity contribution in [1.82, 2.24) is 4.98 Å². The number of methoxy groups -OCH3 is 2. The van der Waals surface area contributed by atoms with Crippen LogP contribution in [-0.2, 0) is 0 Å². The van der Waals surface area contributed by atoms with Gasteiger partial charge < -0.3 is 14.2 Å². The Bertz CT molecular complexity index is 983. The highest BCUT2D eigenvalue weighted by Gasteiger charge is 2.13. The number of aromatic nitrogens is 1. The van der Waals surface area contributed by atoms with Gasteiger partial charge in [-0.1, -0.05) is 0 Å². The molecule has 0 saturated heterocycles. The largest absolute Gasteiger partial charge is 0.497 e. The Labute approximate surface area is 166 Å². The average molecular weight is 397 g/mol. The number of anilines is 1. The molecule has 1 aromatic heterocycles. The summed E-state index contributed by atoms with van der Waals surface area (Å²) in [4.78, 5) is 16.6. The van der Waals surface area contributed by atoms with E-state index in [9.17, 15) is 4.79 Å². The maximum absolute atomic E-state index is 12.3. The van der Waals surface area contributed by atoms with Gasteiger partial charge in [0.25, 0.3) is 0 Å². The van der Waals surface area contributed by atoms with E-state index in [4.69, 9.17) is 14.2 Å². The summed E-state index contributed by atoms with van der Waals surface area (Å²) < 4.78 is 15.9. The normalized spacial score (nSPS) is 10.7. The zero-order chi connectivity index (χ0) is 19.9. The zero-order valence-corrected chi connectivity index (χ0v) is 16.4. The topological polar surface area (TPSA) is 82.0 Å². The maximum atomic E-state index is 12.3. The van der Waals surface area contributed by atoms with Gasteiger partial charge in [0.15, 0.2) is 11.5 Å². The van der Waals surface area contributed by atoms with Crippen molar-refractivity contribution in [1.29, 1.82) is 0 Å². The molecule has 0 unspecified atom stereocenters. The first-order chi connectivity index (χ1) is 13.6. The van der Waals surface area contributed by atoms with Crippen molar-refractivity contribution in [2.75, 3.05) is 19.6 Å². The second-order valence-electron chi connectivity index (χ2n) is 5.69. The van der Waals surface area contributed by atoms with Crippen LogP contribution in [0.1, 0.15) is 21.6 Å². The lowest BCUT2D eigenvalue weighted by molar-refractivity contribution is 0.0729. The Hall–Kier alpha value is -3.39. The first kappa shape index (κ1) is 19.4. The minimum Gasteiger partial charge on any atom is -0.497 e. The number of ether oxygens (including phenoxy) is 3. The number of esters is 1. The highest BCUT2D eigenvalue weighted by Crippen LogP contribution is 2.28. The summed E-state index contributed by atoms with van der Waals surface area (Å²) in [6.07, 6.45) is 1.63. The van der Waals surface area contributed by atoms with Gasteiger partial charge in [-0.3, -0.25) is 5.43 Å². The molecular formula is C20H19N3O4S. The third-order valence-electron chi connectivity index (χ3n) is 3.71. The van der Waals surface area contributed by atoms with Gasteiger partial charge in [-0.05, 0) is 55.0 Å². The van der Waals surface area contributed by atoms with E-state index in [0.29, 0.717) is 27.9 Å². The van der Waals surface area contributed by atoms with E-state index in [2.05, 4.69) is 15.5 Å². The number of benzene rings is 2. The second kappa shape index (κ2) is 9.01. The van der Waals surface area contributed by atoms with Crippen LogP contribution in [0.5, 0.6) is 17.2 Å². The van der Waals surface area contributed by atoms with E-state index in [1.807, 2.05) is 12.3 Å². The van der Waals surface area contributed by atoms with Gasteiger partial charge in [-0.15, -0.1) is 11.3 Å². The average Bonchev–Trinajstić information content (AvgIpc) is 3.14. The molecule has 1 N–H and O–H groups in total. The summed E-state index contributed by atoms with van der Waals surface area (Å²) in [5, 5.41) is 6.80. The van der Waals surface area contributed by atoms with Gasteiger partial charge in [-0.2, -0.15) is 5.10 Å². The van der Waals surface area contributed by atoms with Crippen LogP contribution in [0.3, 0.4) is 0 Å². The van der Waals surface area contributed by atoms with Crippen LogP contribution in [0.2, 0.25) is 0 Å². The fraction of sp³-hybridized carbons (Fsp3) is 0.150. The number of nitrogens with zero attached hydrogens (tertiary/aromatic N) is 2. The predicted octanol–water partition coefficient (Wildman–Crippen LogP) is 4.13. The molecule has 0 aliphatic carbocycles. The van der Waals surface area contributed by atoms with E-state index in [1.54, 1.807) is 55.8 Å². The molecule has 3 rings (SSSR count). The van der Waals surface area contributed by atoms with E-state index in [0.717, 1.165) is 11.3 Å². The molecule has 7 nitrogen and oxygen atoms in total. The smallest absolute Gasteiger partial charge is 0.343 e. The summed E-state index contributed by atoms with van der Waals surface area (Å²) in [6.45, 7) is 1.92. The van der Waals surface area contributed by atoms with Gasteiger partial charge in [0.05, 0.1) is 31.7 Å². The summed E-state index contributed by atoms with van der Waals surface area (Å²) in [7, 11) is 3.08.